The smallest absolute Gasteiger partial charge is 0.315 e. The molecule has 1 aliphatic heterocycles. The normalized spacial score (nSPS) is 16.7. The summed E-state index contributed by atoms with van der Waals surface area (Å²) in [5.41, 5.74) is 1.59. The number of nitrogens with zero attached hydrogens (tertiary/aromatic N) is 1. The Morgan fingerprint density at radius 2 is 2.25 bits per heavy atom. The van der Waals surface area contributed by atoms with Gasteiger partial charge in [-0.15, -0.1) is 0 Å². The monoisotopic (exact) mass is 333 g/mol. The maximum absolute atomic E-state index is 13.4. The first kappa shape index (κ1) is 16.3. The quantitative estimate of drug-likeness (QED) is 0.905. The average Bonchev–Trinajstić information content (AvgIpc) is 2.75. The fourth-order valence-electron chi connectivity index (χ4n) is 2.68. The SMILES string of the molecule is Cc1nc(CNC(=O)NC2CCCOc3cc(F)ccc32)oc1C. The summed E-state index contributed by atoms with van der Waals surface area (Å²) in [6.45, 7) is 4.39. The third kappa shape index (κ3) is 3.67. The van der Waals surface area contributed by atoms with E-state index in [1.165, 1.54) is 12.1 Å². The Bertz CT molecular complexity index is 725. The lowest BCUT2D eigenvalue weighted by Crippen LogP contribution is -2.37. The molecule has 6 nitrogen and oxygen atoms in total. The van der Waals surface area contributed by atoms with Crippen LogP contribution in [0.3, 0.4) is 0 Å². The number of aryl methyl sites for hydroxylation is 2. The predicted molar refractivity (Wildman–Crippen MR) is 85.2 cm³/mol. The molecule has 2 amide bonds. The summed E-state index contributed by atoms with van der Waals surface area (Å²) >= 11 is 0. The molecule has 2 heterocycles. The van der Waals surface area contributed by atoms with E-state index >= 15 is 0 Å². The Kier molecular flexibility index (Phi) is 4.69. The van der Waals surface area contributed by atoms with E-state index in [0.717, 1.165) is 29.9 Å². The number of carbonyl (C=O) groups excluding carboxylic acids is 1. The number of ether oxygens (including phenoxy) is 1. The predicted octanol–water partition coefficient (Wildman–Crippen LogP) is 3.14. The minimum Gasteiger partial charge on any atom is -0.493 e. The van der Waals surface area contributed by atoms with Crippen LogP contribution in [0, 0.1) is 19.7 Å². The van der Waals surface area contributed by atoms with Gasteiger partial charge in [0, 0.05) is 11.6 Å². The fourth-order valence-corrected chi connectivity index (χ4v) is 2.68. The Balaban J connectivity index is 1.63. The van der Waals surface area contributed by atoms with Gasteiger partial charge >= 0.3 is 6.03 Å². The van der Waals surface area contributed by atoms with Gasteiger partial charge in [-0.3, -0.25) is 0 Å². The average molecular weight is 333 g/mol. The molecule has 3 rings (SSSR count). The first-order chi connectivity index (χ1) is 11.5. The Morgan fingerprint density at radius 1 is 1.42 bits per heavy atom. The van der Waals surface area contributed by atoms with Crippen molar-refractivity contribution >= 4 is 6.03 Å². The number of oxazole rings is 1. The molecular formula is C17H20FN3O3. The van der Waals surface area contributed by atoms with Gasteiger partial charge in [0.15, 0.2) is 0 Å². The van der Waals surface area contributed by atoms with E-state index in [1.807, 2.05) is 13.8 Å². The molecule has 0 saturated carbocycles. The van der Waals surface area contributed by atoms with Gasteiger partial charge < -0.3 is 19.8 Å². The minimum absolute atomic E-state index is 0.208. The zero-order valence-corrected chi connectivity index (χ0v) is 13.7. The number of urea groups is 1. The van der Waals surface area contributed by atoms with Crippen molar-refractivity contribution in [2.45, 2.75) is 39.3 Å². The summed E-state index contributed by atoms with van der Waals surface area (Å²) in [5.74, 6) is 1.33. The molecule has 0 radical (unpaired) electrons. The standard InChI is InChI=1S/C17H20FN3O3/c1-10-11(2)24-16(20-10)9-19-17(22)21-14-4-3-7-23-15-8-12(18)5-6-13(14)15/h5-6,8,14H,3-4,7,9H2,1-2H3,(H2,19,21,22). The first-order valence-corrected chi connectivity index (χ1v) is 7.92. The highest BCUT2D eigenvalue weighted by molar-refractivity contribution is 5.74. The fraction of sp³-hybridized carbons (Fsp3) is 0.412. The van der Waals surface area contributed by atoms with Crippen molar-refractivity contribution in [2.24, 2.45) is 0 Å². The van der Waals surface area contributed by atoms with Crippen LogP contribution in [0.4, 0.5) is 9.18 Å². The van der Waals surface area contributed by atoms with E-state index < -0.39 is 0 Å². The molecule has 1 aliphatic rings. The van der Waals surface area contributed by atoms with Crippen molar-refractivity contribution in [1.82, 2.24) is 15.6 Å². The number of benzene rings is 1. The highest BCUT2D eigenvalue weighted by atomic mass is 19.1. The molecule has 0 saturated heterocycles. The molecule has 0 spiro atoms. The van der Waals surface area contributed by atoms with Crippen LogP contribution in [0.2, 0.25) is 0 Å². The molecule has 24 heavy (non-hydrogen) atoms. The summed E-state index contributed by atoms with van der Waals surface area (Å²) in [6.07, 6.45) is 1.50. The first-order valence-electron chi connectivity index (χ1n) is 7.92. The lowest BCUT2D eigenvalue weighted by atomic mass is 10.0. The Morgan fingerprint density at radius 3 is 3.00 bits per heavy atom. The van der Waals surface area contributed by atoms with Gasteiger partial charge in [0.2, 0.25) is 5.89 Å². The number of amides is 2. The molecule has 0 fully saturated rings. The van der Waals surface area contributed by atoms with Crippen LogP contribution in [-0.2, 0) is 6.54 Å². The van der Waals surface area contributed by atoms with Gasteiger partial charge in [0.1, 0.15) is 17.3 Å². The maximum atomic E-state index is 13.4. The van der Waals surface area contributed by atoms with Crippen LogP contribution in [0.5, 0.6) is 5.75 Å². The van der Waals surface area contributed by atoms with Crippen LogP contribution in [0.25, 0.3) is 0 Å². The molecule has 1 aromatic heterocycles. The number of hydrogen-bond donors (Lipinski definition) is 2. The molecule has 7 heteroatoms. The zero-order chi connectivity index (χ0) is 17.1. The Hall–Kier alpha value is -2.57. The third-order valence-electron chi connectivity index (χ3n) is 4.02. The van der Waals surface area contributed by atoms with Crippen LogP contribution < -0.4 is 15.4 Å². The molecule has 2 N–H and O–H groups in total. The summed E-state index contributed by atoms with van der Waals surface area (Å²) in [6, 6.07) is 3.83. The largest absolute Gasteiger partial charge is 0.493 e. The van der Waals surface area contributed by atoms with Crippen molar-refractivity contribution in [3.05, 3.63) is 46.9 Å². The number of rotatable bonds is 3. The van der Waals surface area contributed by atoms with Crippen molar-refractivity contribution < 1.29 is 18.3 Å². The molecule has 1 unspecified atom stereocenters. The summed E-state index contributed by atoms with van der Waals surface area (Å²) in [5, 5.41) is 5.63. The molecular weight excluding hydrogens is 313 g/mol. The Labute approximate surface area is 139 Å². The number of nitrogens with one attached hydrogen (secondary N) is 2. The van der Waals surface area contributed by atoms with Gasteiger partial charge in [-0.25, -0.2) is 14.2 Å². The van der Waals surface area contributed by atoms with Crippen LogP contribution in [0.1, 0.15) is 41.8 Å². The minimum atomic E-state index is -0.353. The zero-order valence-electron chi connectivity index (χ0n) is 13.7. The van der Waals surface area contributed by atoms with E-state index in [4.69, 9.17) is 9.15 Å². The lowest BCUT2D eigenvalue weighted by Gasteiger charge is -2.18. The summed E-state index contributed by atoms with van der Waals surface area (Å²) < 4.78 is 24.3. The van der Waals surface area contributed by atoms with Gasteiger partial charge in [-0.1, -0.05) is 6.07 Å². The molecule has 0 aliphatic carbocycles. The molecule has 1 atom stereocenters. The molecule has 2 aromatic rings. The lowest BCUT2D eigenvalue weighted by molar-refractivity contribution is 0.234. The number of halogens is 1. The van der Waals surface area contributed by atoms with E-state index in [2.05, 4.69) is 15.6 Å². The topological polar surface area (TPSA) is 76.4 Å². The van der Waals surface area contributed by atoms with E-state index in [1.54, 1.807) is 6.07 Å². The van der Waals surface area contributed by atoms with Crippen molar-refractivity contribution in [3.63, 3.8) is 0 Å². The van der Waals surface area contributed by atoms with E-state index in [9.17, 15) is 9.18 Å². The summed E-state index contributed by atoms with van der Waals surface area (Å²) in [7, 11) is 0. The van der Waals surface area contributed by atoms with Gasteiger partial charge in [0.05, 0.1) is 24.9 Å². The third-order valence-corrected chi connectivity index (χ3v) is 4.02. The second-order valence-electron chi connectivity index (χ2n) is 5.80. The van der Waals surface area contributed by atoms with E-state index in [0.29, 0.717) is 18.2 Å². The van der Waals surface area contributed by atoms with Crippen LogP contribution in [0.15, 0.2) is 22.6 Å². The number of hydrogen-bond acceptors (Lipinski definition) is 4. The second kappa shape index (κ2) is 6.90. The van der Waals surface area contributed by atoms with Crippen molar-refractivity contribution in [3.8, 4) is 5.75 Å². The van der Waals surface area contributed by atoms with Crippen LogP contribution in [-0.4, -0.2) is 17.6 Å². The van der Waals surface area contributed by atoms with Crippen LogP contribution >= 0.6 is 0 Å². The molecule has 1 aromatic carbocycles. The highest BCUT2D eigenvalue weighted by Crippen LogP contribution is 2.31. The number of carbonyl (C=O) groups is 1. The van der Waals surface area contributed by atoms with Gasteiger partial charge in [0.25, 0.3) is 0 Å². The maximum Gasteiger partial charge on any atom is 0.315 e. The molecule has 0 bridgehead atoms. The number of aromatic nitrogens is 1. The summed E-state index contributed by atoms with van der Waals surface area (Å²) in [4.78, 5) is 16.4. The highest BCUT2D eigenvalue weighted by Gasteiger charge is 2.22. The van der Waals surface area contributed by atoms with Gasteiger partial charge in [-0.2, -0.15) is 0 Å². The second-order valence-corrected chi connectivity index (χ2v) is 5.80. The van der Waals surface area contributed by atoms with E-state index in [-0.39, 0.29) is 24.4 Å². The number of fused-ring (bicyclic) bond motifs is 1. The molecule has 128 valence electrons. The van der Waals surface area contributed by atoms with Gasteiger partial charge in [-0.05, 0) is 32.8 Å². The van der Waals surface area contributed by atoms with Crippen molar-refractivity contribution in [2.75, 3.05) is 6.61 Å². The van der Waals surface area contributed by atoms with Crippen molar-refractivity contribution in [1.29, 1.82) is 0 Å².